The van der Waals surface area contributed by atoms with Crippen LogP contribution in [0, 0.1) is 0 Å². The van der Waals surface area contributed by atoms with Crippen LogP contribution in [-0.4, -0.2) is 17.8 Å². The Kier molecular flexibility index (Phi) is 9.00. The molecule has 1 N–H and O–H groups in total. The smallest absolute Gasteiger partial charge is 0.220 e. The van der Waals surface area contributed by atoms with Gasteiger partial charge in [0.1, 0.15) is 0 Å². The van der Waals surface area contributed by atoms with E-state index in [1.54, 1.807) is 0 Å². The molecule has 0 radical (unpaired) electrons. The number of hydrogen-bond donors (Lipinski definition) is 1. The molecule has 0 saturated heterocycles. The topological polar surface area (TPSA) is 29.1 Å². The molecule has 2 nitrogen and oxygen atoms in total. The summed E-state index contributed by atoms with van der Waals surface area (Å²) in [4.78, 5) is 11.0. The Balaban J connectivity index is 3.08. The Hall–Kier alpha value is -0.0500. The largest absolute Gasteiger partial charge is 0.355 e. The lowest BCUT2D eigenvalue weighted by Gasteiger charge is -2.01. The summed E-state index contributed by atoms with van der Waals surface area (Å²) in [5.41, 5.74) is 0. The normalized spacial score (nSPS) is 9.83. The van der Waals surface area contributed by atoms with Crippen LogP contribution in [0.4, 0.5) is 0 Å². The van der Waals surface area contributed by atoms with Gasteiger partial charge in [0.2, 0.25) is 5.91 Å². The maximum absolute atomic E-state index is 11.0. The van der Waals surface area contributed by atoms with Crippen molar-refractivity contribution in [3.8, 4) is 0 Å². The van der Waals surface area contributed by atoms with E-state index in [-0.39, 0.29) is 5.91 Å². The molecular weight excluding hydrogens is 218 g/mol. The first kappa shape index (κ1) is 11.9. The van der Waals surface area contributed by atoms with Crippen LogP contribution in [-0.2, 0) is 4.79 Å². The van der Waals surface area contributed by atoms with Crippen molar-refractivity contribution >= 4 is 21.8 Å². The van der Waals surface area contributed by atoms with Crippen molar-refractivity contribution in [3.63, 3.8) is 0 Å². The Bertz CT molecular complexity index is 117. The van der Waals surface area contributed by atoms with Crippen LogP contribution in [0.15, 0.2) is 0 Å². The number of carbonyl (C=O) groups excluding carboxylic acids is 1. The predicted molar refractivity (Wildman–Crippen MR) is 55.6 cm³/mol. The SMILES string of the molecule is CCCCCCC(=O)NCCBr. The van der Waals surface area contributed by atoms with Gasteiger partial charge < -0.3 is 5.32 Å². The molecule has 0 unspecified atom stereocenters. The second kappa shape index (κ2) is 9.04. The van der Waals surface area contributed by atoms with E-state index in [0.29, 0.717) is 6.42 Å². The van der Waals surface area contributed by atoms with Gasteiger partial charge in [-0.1, -0.05) is 42.1 Å². The number of amides is 1. The average Bonchev–Trinajstić information content (AvgIpc) is 2.09. The van der Waals surface area contributed by atoms with Gasteiger partial charge in [-0.2, -0.15) is 0 Å². The highest BCUT2D eigenvalue weighted by molar-refractivity contribution is 9.09. The molecule has 0 aromatic carbocycles. The van der Waals surface area contributed by atoms with Crippen molar-refractivity contribution in [2.24, 2.45) is 0 Å². The minimum Gasteiger partial charge on any atom is -0.355 e. The van der Waals surface area contributed by atoms with Crippen LogP contribution in [0.3, 0.4) is 0 Å². The Labute approximate surface area is 83.2 Å². The minimum absolute atomic E-state index is 0.186. The second-order valence-corrected chi connectivity index (χ2v) is 3.64. The van der Waals surface area contributed by atoms with E-state index >= 15 is 0 Å². The van der Waals surface area contributed by atoms with Crippen molar-refractivity contribution in [2.45, 2.75) is 39.0 Å². The summed E-state index contributed by atoms with van der Waals surface area (Å²) >= 11 is 3.26. The van der Waals surface area contributed by atoms with Gasteiger partial charge in [-0.15, -0.1) is 0 Å². The number of alkyl halides is 1. The summed E-state index contributed by atoms with van der Waals surface area (Å²) in [6, 6.07) is 0. The van der Waals surface area contributed by atoms with Gasteiger partial charge in [0.05, 0.1) is 0 Å². The molecule has 0 rings (SSSR count). The fourth-order valence-electron chi connectivity index (χ4n) is 0.987. The van der Waals surface area contributed by atoms with E-state index in [0.717, 1.165) is 18.3 Å². The third-order valence-corrected chi connectivity index (χ3v) is 2.07. The van der Waals surface area contributed by atoms with E-state index in [4.69, 9.17) is 0 Å². The molecular formula is C9H18BrNO. The molecule has 0 heterocycles. The molecule has 1 amide bonds. The predicted octanol–water partition coefficient (Wildman–Crippen LogP) is 2.47. The van der Waals surface area contributed by atoms with Gasteiger partial charge in [-0.25, -0.2) is 0 Å². The van der Waals surface area contributed by atoms with Crippen molar-refractivity contribution in [3.05, 3.63) is 0 Å². The van der Waals surface area contributed by atoms with Gasteiger partial charge in [0, 0.05) is 18.3 Å². The molecule has 0 atom stereocenters. The van der Waals surface area contributed by atoms with Gasteiger partial charge in [-0.05, 0) is 6.42 Å². The Morgan fingerprint density at radius 1 is 1.33 bits per heavy atom. The molecule has 0 aliphatic rings. The number of halogens is 1. The van der Waals surface area contributed by atoms with Crippen molar-refractivity contribution in [1.29, 1.82) is 0 Å². The van der Waals surface area contributed by atoms with Gasteiger partial charge >= 0.3 is 0 Å². The first-order chi connectivity index (χ1) is 5.81. The van der Waals surface area contributed by atoms with Crippen LogP contribution >= 0.6 is 15.9 Å². The quantitative estimate of drug-likeness (QED) is 0.534. The Morgan fingerprint density at radius 3 is 2.67 bits per heavy atom. The highest BCUT2D eigenvalue weighted by Crippen LogP contribution is 2.01. The fourth-order valence-corrected chi connectivity index (χ4v) is 1.19. The molecule has 0 aromatic heterocycles. The molecule has 3 heteroatoms. The van der Waals surface area contributed by atoms with Crippen molar-refractivity contribution < 1.29 is 4.79 Å². The lowest BCUT2D eigenvalue weighted by atomic mass is 10.1. The van der Waals surface area contributed by atoms with Gasteiger partial charge in [0.25, 0.3) is 0 Å². The second-order valence-electron chi connectivity index (χ2n) is 2.85. The minimum atomic E-state index is 0.186. The maximum atomic E-state index is 11.0. The van der Waals surface area contributed by atoms with Crippen molar-refractivity contribution in [1.82, 2.24) is 5.32 Å². The summed E-state index contributed by atoms with van der Waals surface area (Å²) in [6.45, 7) is 2.91. The van der Waals surface area contributed by atoms with E-state index in [1.165, 1.54) is 19.3 Å². The van der Waals surface area contributed by atoms with E-state index in [2.05, 4.69) is 28.2 Å². The molecule has 12 heavy (non-hydrogen) atoms. The lowest BCUT2D eigenvalue weighted by molar-refractivity contribution is -0.121. The zero-order valence-corrected chi connectivity index (χ0v) is 9.32. The van der Waals surface area contributed by atoms with E-state index in [1.807, 2.05) is 0 Å². The number of hydrogen-bond acceptors (Lipinski definition) is 1. The molecule has 72 valence electrons. The van der Waals surface area contributed by atoms with Gasteiger partial charge in [0.15, 0.2) is 0 Å². The van der Waals surface area contributed by atoms with Gasteiger partial charge in [-0.3, -0.25) is 4.79 Å². The average molecular weight is 236 g/mol. The first-order valence-electron chi connectivity index (χ1n) is 4.64. The summed E-state index contributed by atoms with van der Waals surface area (Å²) in [7, 11) is 0. The third-order valence-electron chi connectivity index (χ3n) is 1.67. The Morgan fingerprint density at radius 2 is 2.08 bits per heavy atom. The molecule has 0 saturated carbocycles. The van der Waals surface area contributed by atoms with Crippen LogP contribution in [0.25, 0.3) is 0 Å². The lowest BCUT2D eigenvalue weighted by Crippen LogP contribution is -2.24. The molecule has 0 spiro atoms. The summed E-state index contributed by atoms with van der Waals surface area (Å²) in [6.07, 6.45) is 5.36. The zero-order chi connectivity index (χ0) is 9.23. The standard InChI is InChI=1S/C9H18BrNO/c1-2-3-4-5-6-9(12)11-8-7-10/h2-8H2,1H3,(H,11,12). The monoisotopic (exact) mass is 235 g/mol. The molecule has 0 bridgehead atoms. The number of rotatable bonds is 7. The highest BCUT2D eigenvalue weighted by Gasteiger charge is 1.98. The van der Waals surface area contributed by atoms with E-state index in [9.17, 15) is 4.79 Å². The summed E-state index contributed by atoms with van der Waals surface area (Å²) in [5, 5.41) is 3.66. The summed E-state index contributed by atoms with van der Waals surface area (Å²) < 4.78 is 0. The highest BCUT2D eigenvalue weighted by atomic mass is 79.9. The van der Waals surface area contributed by atoms with Crippen molar-refractivity contribution in [2.75, 3.05) is 11.9 Å². The molecule has 0 aliphatic heterocycles. The summed E-state index contributed by atoms with van der Waals surface area (Å²) in [5.74, 6) is 0.186. The number of unbranched alkanes of at least 4 members (excludes halogenated alkanes) is 3. The molecule has 0 aromatic rings. The van der Waals surface area contributed by atoms with Crippen LogP contribution < -0.4 is 5.32 Å². The molecule has 0 aliphatic carbocycles. The van der Waals surface area contributed by atoms with Crippen LogP contribution in [0.2, 0.25) is 0 Å². The van der Waals surface area contributed by atoms with E-state index < -0.39 is 0 Å². The molecule has 0 fully saturated rings. The number of carbonyl (C=O) groups is 1. The number of nitrogens with one attached hydrogen (secondary N) is 1. The zero-order valence-electron chi connectivity index (χ0n) is 7.74. The van der Waals surface area contributed by atoms with Crippen LogP contribution in [0.5, 0.6) is 0 Å². The fraction of sp³-hybridized carbons (Fsp3) is 0.889. The third kappa shape index (κ3) is 8.05. The maximum Gasteiger partial charge on any atom is 0.220 e. The van der Waals surface area contributed by atoms with Crippen LogP contribution in [0.1, 0.15) is 39.0 Å². The first-order valence-corrected chi connectivity index (χ1v) is 5.76.